The largest absolute Gasteiger partial charge is 0.489 e. The van der Waals surface area contributed by atoms with Crippen LogP contribution in [0.1, 0.15) is 35.2 Å². The Labute approximate surface area is 242 Å². The summed E-state index contributed by atoms with van der Waals surface area (Å²) in [6.07, 6.45) is 3.77. The highest BCUT2D eigenvalue weighted by Gasteiger charge is 2.18. The molecule has 5 rings (SSSR count). The molecule has 1 fully saturated rings. The van der Waals surface area contributed by atoms with Gasteiger partial charge in [-0.15, -0.1) is 11.3 Å². The third-order valence-corrected chi connectivity index (χ3v) is 8.38. The number of carbonyl (C=O) groups is 1. The van der Waals surface area contributed by atoms with E-state index < -0.39 is 5.97 Å². The summed E-state index contributed by atoms with van der Waals surface area (Å²) >= 11 is 13.7. The Kier molecular flexibility index (Phi) is 9.04. The first kappa shape index (κ1) is 27.5. The first-order valence-electron chi connectivity index (χ1n) is 12.9. The SMILES string of the molecule is O=C(O)c1ccc(N(CCN2CCCCC2)c2nc(-c3ccc(OCc4ccc(Cl)c(Cl)c4)cc3)cs2)cc1. The number of ether oxygens (including phenoxy) is 1. The number of carboxylic acids is 1. The molecule has 0 amide bonds. The number of nitrogens with zero attached hydrogens (tertiary/aromatic N) is 3. The van der Waals surface area contributed by atoms with E-state index in [1.165, 1.54) is 19.3 Å². The topological polar surface area (TPSA) is 65.9 Å². The van der Waals surface area contributed by atoms with E-state index >= 15 is 0 Å². The summed E-state index contributed by atoms with van der Waals surface area (Å²) in [4.78, 5) is 21.0. The molecule has 0 spiro atoms. The lowest BCUT2D eigenvalue weighted by Gasteiger charge is -2.30. The zero-order valence-electron chi connectivity index (χ0n) is 21.4. The van der Waals surface area contributed by atoms with Crippen molar-refractivity contribution in [1.82, 2.24) is 9.88 Å². The molecule has 1 saturated heterocycles. The van der Waals surface area contributed by atoms with Gasteiger partial charge in [0.2, 0.25) is 0 Å². The highest BCUT2D eigenvalue weighted by Crippen LogP contribution is 2.33. The average Bonchev–Trinajstić information content (AvgIpc) is 3.45. The fraction of sp³-hybridized carbons (Fsp3) is 0.267. The van der Waals surface area contributed by atoms with Gasteiger partial charge in [0.25, 0.3) is 0 Å². The van der Waals surface area contributed by atoms with Gasteiger partial charge in [-0.3, -0.25) is 0 Å². The Morgan fingerprint density at radius 1 is 0.974 bits per heavy atom. The van der Waals surface area contributed by atoms with Crippen LogP contribution in [-0.4, -0.2) is 47.1 Å². The number of thiazole rings is 1. The molecule has 1 N–H and O–H groups in total. The maximum atomic E-state index is 11.4. The molecular weight excluding hydrogens is 553 g/mol. The minimum atomic E-state index is -0.928. The van der Waals surface area contributed by atoms with Crippen molar-refractivity contribution in [3.8, 4) is 17.0 Å². The normalized spacial score (nSPS) is 13.8. The zero-order valence-corrected chi connectivity index (χ0v) is 23.7. The second-order valence-electron chi connectivity index (χ2n) is 9.48. The minimum Gasteiger partial charge on any atom is -0.489 e. The maximum Gasteiger partial charge on any atom is 0.335 e. The van der Waals surface area contributed by atoms with Crippen molar-refractivity contribution >= 4 is 51.3 Å². The molecular formula is C30H29Cl2N3O3S. The number of aromatic carboxylic acids is 1. The quantitative estimate of drug-likeness (QED) is 0.204. The van der Waals surface area contributed by atoms with Crippen molar-refractivity contribution in [2.24, 2.45) is 0 Å². The molecule has 202 valence electrons. The molecule has 1 aliphatic rings. The molecule has 1 aromatic heterocycles. The second kappa shape index (κ2) is 12.8. The van der Waals surface area contributed by atoms with Gasteiger partial charge in [-0.05, 0) is 92.2 Å². The first-order chi connectivity index (χ1) is 19.0. The predicted octanol–water partition coefficient (Wildman–Crippen LogP) is 8.02. The maximum absolute atomic E-state index is 11.4. The van der Waals surface area contributed by atoms with Crippen LogP contribution in [0.4, 0.5) is 10.8 Å². The molecule has 0 saturated carbocycles. The fourth-order valence-corrected chi connectivity index (χ4v) is 5.78. The lowest BCUT2D eigenvalue weighted by Crippen LogP contribution is -2.36. The van der Waals surface area contributed by atoms with Crippen LogP contribution in [0.25, 0.3) is 11.3 Å². The number of hydrogen-bond donors (Lipinski definition) is 1. The van der Waals surface area contributed by atoms with E-state index in [4.69, 9.17) is 32.9 Å². The second-order valence-corrected chi connectivity index (χ2v) is 11.1. The summed E-state index contributed by atoms with van der Waals surface area (Å²) in [7, 11) is 0. The Hall–Kier alpha value is -3.10. The summed E-state index contributed by atoms with van der Waals surface area (Å²) in [6.45, 7) is 4.34. The lowest BCUT2D eigenvalue weighted by atomic mass is 10.1. The van der Waals surface area contributed by atoms with Gasteiger partial charge in [0.15, 0.2) is 5.13 Å². The third-order valence-electron chi connectivity index (χ3n) is 6.78. The van der Waals surface area contributed by atoms with Gasteiger partial charge in [0.05, 0.1) is 21.3 Å². The fourth-order valence-electron chi connectivity index (χ4n) is 4.58. The molecule has 0 aliphatic carbocycles. The number of anilines is 2. The van der Waals surface area contributed by atoms with E-state index in [1.54, 1.807) is 35.6 Å². The number of rotatable bonds is 10. The summed E-state index contributed by atoms with van der Waals surface area (Å²) in [5.41, 5.74) is 4.03. The molecule has 3 aromatic carbocycles. The Morgan fingerprint density at radius 3 is 2.41 bits per heavy atom. The Morgan fingerprint density at radius 2 is 1.72 bits per heavy atom. The average molecular weight is 583 g/mol. The molecule has 9 heteroatoms. The van der Waals surface area contributed by atoms with Crippen LogP contribution in [-0.2, 0) is 6.61 Å². The number of likely N-dealkylation sites (tertiary alicyclic amines) is 1. The summed E-state index contributed by atoms with van der Waals surface area (Å²) in [5, 5.41) is 13.3. The van der Waals surface area contributed by atoms with Crippen molar-refractivity contribution in [3.05, 3.63) is 93.3 Å². The van der Waals surface area contributed by atoms with Gasteiger partial charge in [0.1, 0.15) is 12.4 Å². The van der Waals surface area contributed by atoms with E-state index in [2.05, 4.69) is 15.2 Å². The van der Waals surface area contributed by atoms with Crippen LogP contribution in [0.3, 0.4) is 0 Å². The van der Waals surface area contributed by atoms with Gasteiger partial charge >= 0.3 is 5.97 Å². The molecule has 0 bridgehead atoms. The summed E-state index contributed by atoms with van der Waals surface area (Å²) < 4.78 is 5.92. The van der Waals surface area contributed by atoms with Gasteiger partial charge < -0.3 is 19.6 Å². The van der Waals surface area contributed by atoms with Crippen molar-refractivity contribution in [3.63, 3.8) is 0 Å². The summed E-state index contributed by atoms with van der Waals surface area (Å²) in [6, 6.07) is 20.4. The van der Waals surface area contributed by atoms with Crippen LogP contribution in [0.2, 0.25) is 10.0 Å². The lowest BCUT2D eigenvalue weighted by molar-refractivity contribution is 0.0697. The Bertz CT molecular complexity index is 1400. The highest BCUT2D eigenvalue weighted by atomic mass is 35.5. The molecule has 39 heavy (non-hydrogen) atoms. The predicted molar refractivity (Wildman–Crippen MR) is 159 cm³/mol. The van der Waals surface area contributed by atoms with Crippen LogP contribution in [0.5, 0.6) is 5.75 Å². The van der Waals surface area contributed by atoms with Crippen LogP contribution >= 0.6 is 34.5 Å². The van der Waals surface area contributed by atoms with E-state index in [1.807, 2.05) is 42.5 Å². The van der Waals surface area contributed by atoms with E-state index in [0.717, 1.165) is 59.6 Å². The van der Waals surface area contributed by atoms with Crippen molar-refractivity contribution < 1.29 is 14.6 Å². The van der Waals surface area contributed by atoms with Crippen molar-refractivity contribution in [2.75, 3.05) is 31.1 Å². The molecule has 0 unspecified atom stereocenters. The molecule has 4 aromatic rings. The minimum absolute atomic E-state index is 0.274. The standard InChI is InChI=1S/C30H29Cl2N3O3S/c31-26-13-4-21(18-27(26)32)19-38-25-11-7-22(8-12-25)28-20-39-30(33-28)35(17-16-34-14-2-1-3-15-34)24-9-5-23(6-10-24)29(36)37/h4-13,18,20H,1-3,14-17,19H2,(H,36,37). The van der Waals surface area contributed by atoms with E-state index in [9.17, 15) is 9.90 Å². The van der Waals surface area contributed by atoms with Crippen molar-refractivity contribution in [1.29, 1.82) is 0 Å². The van der Waals surface area contributed by atoms with Crippen LogP contribution < -0.4 is 9.64 Å². The number of carboxylic acid groups (broad SMARTS) is 1. The number of piperidine rings is 1. The molecule has 1 aliphatic heterocycles. The summed E-state index contributed by atoms with van der Waals surface area (Å²) in [5.74, 6) is -0.177. The van der Waals surface area contributed by atoms with Crippen LogP contribution in [0, 0.1) is 0 Å². The van der Waals surface area contributed by atoms with Crippen LogP contribution in [0.15, 0.2) is 72.1 Å². The van der Waals surface area contributed by atoms with Crippen molar-refractivity contribution in [2.45, 2.75) is 25.9 Å². The zero-order chi connectivity index (χ0) is 27.2. The van der Waals surface area contributed by atoms with Gasteiger partial charge in [-0.25, -0.2) is 9.78 Å². The number of hydrogen-bond acceptors (Lipinski definition) is 6. The van der Waals surface area contributed by atoms with Gasteiger partial charge in [-0.2, -0.15) is 0 Å². The smallest absolute Gasteiger partial charge is 0.335 e. The Balaban J connectivity index is 1.30. The monoisotopic (exact) mass is 581 g/mol. The van der Waals surface area contributed by atoms with Gasteiger partial charge in [0, 0.05) is 29.7 Å². The molecule has 0 atom stereocenters. The number of halogens is 2. The van der Waals surface area contributed by atoms with E-state index in [-0.39, 0.29) is 5.56 Å². The number of benzene rings is 3. The van der Waals surface area contributed by atoms with Gasteiger partial charge in [-0.1, -0.05) is 35.7 Å². The molecule has 2 heterocycles. The molecule has 0 radical (unpaired) electrons. The third kappa shape index (κ3) is 7.11. The highest BCUT2D eigenvalue weighted by molar-refractivity contribution is 7.14. The first-order valence-corrected chi connectivity index (χ1v) is 14.6. The van der Waals surface area contributed by atoms with E-state index in [0.29, 0.717) is 16.7 Å². The number of aromatic nitrogens is 1. The molecule has 6 nitrogen and oxygen atoms in total.